The summed E-state index contributed by atoms with van der Waals surface area (Å²) in [5.74, 6) is 0.331. The van der Waals surface area contributed by atoms with Crippen LogP contribution in [0.1, 0.15) is 22.5 Å². The van der Waals surface area contributed by atoms with Gasteiger partial charge in [0.05, 0.1) is 22.8 Å². The van der Waals surface area contributed by atoms with E-state index in [4.69, 9.17) is 11.5 Å². The summed E-state index contributed by atoms with van der Waals surface area (Å²) < 4.78 is 0. The maximum Gasteiger partial charge on any atom is 0.221 e. The second kappa shape index (κ2) is 8.79. The number of aromatic nitrogens is 4. The van der Waals surface area contributed by atoms with Crippen LogP contribution in [0.25, 0.3) is 35.7 Å². The minimum atomic E-state index is 0.166. The normalized spacial score (nSPS) is 11.3. The minimum Gasteiger partial charge on any atom is -0.368 e. The van der Waals surface area contributed by atoms with Crippen molar-refractivity contribution in [3.8, 4) is 11.4 Å². The molecule has 4 rings (SSSR count). The molecule has 6 nitrogen and oxygen atoms in total. The standard InChI is InChI=1S/C24H20N6/c25-23-27-19(13-11-17-7-3-1-4-8-17)15-21(29-23)22-16-20(28-24(26)30-22)14-12-18-9-5-2-6-10-18/h1-16H,(H2,25,27,29)(H2,26,28,30). The monoisotopic (exact) mass is 392 g/mol. The summed E-state index contributed by atoms with van der Waals surface area (Å²) in [4.78, 5) is 17.2. The predicted octanol–water partition coefficient (Wildman–Crippen LogP) is 4.44. The molecule has 0 bridgehead atoms. The minimum absolute atomic E-state index is 0.166. The summed E-state index contributed by atoms with van der Waals surface area (Å²) >= 11 is 0. The quantitative estimate of drug-likeness (QED) is 0.520. The molecule has 0 radical (unpaired) electrons. The number of nitrogens with two attached hydrogens (primary N) is 2. The van der Waals surface area contributed by atoms with E-state index in [0.717, 1.165) is 11.1 Å². The Balaban J connectivity index is 1.65. The van der Waals surface area contributed by atoms with Crippen LogP contribution in [0.15, 0.2) is 72.8 Å². The maximum atomic E-state index is 5.93. The first-order valence-electron chi connectivity index (χ1n) is 9.41. The van der Waals surface area contributed by atoms with E-state index in [1.807, 2.05) is 97.1 Å². The molecule has 0 saturated heterocycles. The van der Waals surface area contributed by atoms with E-state index in [0.29, 0.717) is 22.8 Å². The molecule has 0 spiro atoms. The number of nitrogen functional groups attached to an aromatic ring is 2. The molecular formula is C24H20N6. The Morgan fingerprint density at radius 1 is 0.500 bits per heavy atom. The van der Waals surface area contributed by atoms with Crippen molar-refractivity contribution in [1.29, 1.82) is 0 Å². The lowest BCUT2D eigenvalue weighted by molar-refractivity contribution is 1.13. The Bertz CT molecular complexity index is 1100. The lowest BCUT2D eigenvalue weighted by Gasteiger charge is -2.05. The predicted molar refractivity (Wildman–Crippen MR) is 123 cm³/mol. The largest absolute Gasteiger partial charge is 0.368 e. The fraction of sp³-hybridized carbons (Fsp3) is 0. The molecule has 0 amide bonds. The van der Waals surface area contributed by atoms with Crippen LogP contribution in [-0.4, -0.2) is 19.9 Å². The van der Waals surface area contributed by atoms with Gasteiger partial charge in [0, 0.05) is 0 Å². The van der Waals surface area contributed by atoms with E-state index in [2.05, 4.69) is 19.9 Å². The molecule has 0 unspecified atom stereocenters. The zero-order chi connectivity index (χ0) is 20.8. The highest BCUT2D eigenvalue weighted by atomic mass is 15.0. The van der Waals surface area contributed by atoms with E-state index in [-0.39, 0.29) is 11.9 Å². The third-order valence-corrected chi connectivity index (χ3v) is 4.28. The number of rotatable bonds is 5. The highest BCUT2D eigenvalue weighted by molar-refractivity contribution is 5.73. The smallest absolute Gasteiger partial charge is 0.221 e. The van der Waals surface area contributed by atoms with E-state index >= 15 is 0 Å². The van der Waals surface area contributed by atoms with Gasteiger partial charge < -0.3 is 11.5 Å². The fourth-order valence-corrected chi connectivity index (χ4v) is 2.90. The third-order valence-electron chi connectivity index (χ3n) is 4.28. The average molecular weight is 392 g/mol. The second-order valence-corrected chi connectivity index (χ2v) is 6.56. The van der Waals surface area contributed by atoms with Crippen molar-refractivity contribution < 1.29 is 0 Å². The Kier molecular flexibility index (Phi) is 5.57. The highest BCUT2D eigenvalue weighted by Gasteiger charge is 2.08. The van der Waals surface area contributed by atoms with Crippen LogP contribution in [0.5, 0.6) is 0 Å². The van der Waals surface area contributed by atoms with Gasteiger partial charge in [-0.2, -0.15) is 0 Å². The zero-order valence-corrected chi connectivity index (χ0v) is 16.2. The molecule has 2 heterocycles. The van der Waals surface area contributed by atoms with E-state index < -0.39 is 0 Å². The molecule has 0 saturated carbocycles. The van der Waals surface area contributed by atoms with Gasteiger partial charge in [0.2, 0.25) is 11.9 Å². The Hall–Kier alpha value is -4.32. The number of benzene rings is 2. The average Bonchev–Trinajstić information content (AvgIpc) is 2.77. The lowest BCUT2D eigenvalue weighted by Crippen LogP contribution is -2.02. The topological polar surface area (TPSA) is 104 Å². The van der Waals surface area contributed by atoms with Crippen molar-refractivity contribution in [2.45, 2.75) is 0 Å². The zero-order valence-electron chi connectivity index (χ0n) is 16.2. The van der Waals surface area contributed by atoms with E-state index in [1.54, 1.807) is 0 Å². The Morgan fingerprint density at radius 2 is 0.900 bits per heavy atom. The van der Waals surface area contributed by atoms with Crippen LogP contribution < -0.4 is 11.5 Å². The van der Waals surface area contributed by atoms with Crippen LogP contribution in [0.3, 0.4) is 0 Å². The molecule has 6 heteroatoms. The molecule has 2 aromatic carbocycles. The van der Waals surface area contributed by atoms with Crippen molar-refractivity contribution in [2.75, 3.05) is 11.5 Å². The van der Waals surface area contributed by atoms with Gasteiger partial charge in [0.25, 0.3) is 0 Å². The van der Waals surface area contributed by atoms with Crippen molar-refractivity contribution in [3.63, 3.8) is 0 Å². The molecule has 0 aliphatic heterocycles. The SMILES string of the molecule is Nc1nc(C=Cc2ccccc2)cc(-c2cc(C=Cc3ccccc3)nc(N)n2)n1. The van der Waals surface area contributed by atoms with Crippen LogP contribution in [0.2, 0.25) is 0 Å². The summed E-state index contributed by atoms with van der Waals surface area (Å²) in [6.45, 7) is 0. The maximum absolute atomic E-state index is 5.93. The number of hydrogen-bond acceptors (Lipinski definition) is 6. The molecule has 4 N–H and O–H groups in total. The van der Waals surface area contributed by atoms with Gasteiger partial charge in [-0.25, -0.2) is 19.9 Å². The molecule has 0 fully saturated rings. The number of hydrogen-bond donors (Lipinski definition) is 2. The molecule has 0 aliphatic carbocycles. The van der Waals surface area contributed by atoms with Gasteiger partial charge in [0.1, 0.15) is 0 Å². The lowest BCUT2D eigenvalue weighted by atomic mass is 10.1. The Labute approximate surface area is 174 Å². The van der Waals surface area contributed by atoms with Crippen LogP contribution in [0, 0.1) is 0 Å². The summed E-state index contributed by atoms with van der Waals surface area (Å²) in [5.41, 5.74) is 16.5. The first-order valence-corrected chi connectivity index (χ1v) is 9.41. The van der Waals surface area contributed by atoms with Crippen LogP contribution in [0.4, 0.5) is 11.9 Å². The highest BCUT2D eigenvalue weighted by Crippen LogP contribution is 2.20. The van der Waals surface area contributed by atoms with Crippen molar-refractivity contribution in [1.82, 2.24) is 19.9 Å². The summed E-state index contributed by atoms with van der Waals surface area (Å²) in [7, 11) is 0. The summed E-state index contributed by atoms with van der Waals surface area (Å²) in [6, 6.07) is 23.6. The van der Waals surface area contributed by atoms with E-state index in [9.17, 15) is 0 Å². The summed E-state index contributed by atoms with van der Waals surface area (Å²) in [6.07, 6.45) is 7.71. The van der Waals surface area contributed by atoms with Gasteiger partial charge in [-0.1, -0.05) is 72.8 Å². The fourth-order valence-electron chi connectivity index (χ4n) is 2.90. The molecule has 0 atom stereocenters. The molecule has 30 heavy (non-hydrogen) atoms. The molecular weight excluding hydrogens is 372 g/mol. The van der Waals surface area contributed by atoms with Crippen LogP contribution >= 0.6 is 0 Å². The first kappa shape index (κ1) is 19.0. The molecule has 146 valence electrons. The molecule has 4 aromatic rings. The van der Waals surface area contributed by atoms with Crippen LogP contribution in [-0.2, 0) is 0 Å². The third kappa shape index (κ3) is 4.94. The van der Waals surface area contributed by atoms with Gasteiger partial charge in [-0.15, -0.1) is 0 Å². The summed E-state index contributed by atoms with van der Waals surface area (Å²) in [5, 5.41) is 0. The van der Waals surface area contributed by atoms with Crippen molar-refractivity contribution in [3.05, 3.63) is 95.3 Å². The van der Waals surface area contributed by atoms with Gasteiger partial charge >= 0.3 is 0 Å². The van der Waals surface area contributed by atoms with Crippen molar-refractivity contribution >= 4 is 36.2 Å². The Morgan fingerprint density at radius 3 is 1.30 bits per heavy atom. The second-order valence-electron chi connectivity index (χ2n) is 6.56. The number of nitrogens with zero attached hydrogens (tertiary/aromatic N) is 4. The van der Waals surface area contributed by atoms with Gasteiger partial charge in [-0.05, 0) is 35.4 Å². The van der Waals surface area contributed by atoms with Crippen molar-refractivity contribution in [2.24, 2.45) is 0 Å². The molecule has 2 aromatic heterocycles. The number of anilines is 2. The van der Waals surface area contributed by atoms with Gasteiger partial charge in [-0.3, -0.25) is 0 Å². The first-order chi connectivity index (χ1) is 14.7. The van der Waals surface area contributed by atoms with E-state index in [1.165, 1.54) is 0 Å². The van der Waals surface area contributed by atoms with Gasteiger partial charge in [0.15, 0.2) is 0 Å². The molecule has 0 aliphatic rings.